The SMILES string of the molecule is CCNC(c1ccncc1CC)c1cc(C)ccc1OC. The normalized spacial score (nSPS) is 12.2. The number of hydrogen-bond donors (Lipinski definition) is 1. The van der Waals surface area contributed by atoms with Crippen LogP contribution in [-0.2, 0) is 6.42 Å². The molecule has 2 rings (SSSR count). The summed E-state index contributed by atoms with van der Waals surface area (Å²) < 4.78 is 5.57. The molecule has 21 heavy (non-hydrogen) atoms. The van der Waals surface area contributed by atoms with Gasteiger partial charge >= 0.3 is 0 Å². The van der Waals surface area contributed by atoms with Crippen LogP contribution in [0.25, 0.3) is 0 Å². The van der Waals surface area contributed by atoms with Crippen LogP contribution in [0.1, 0.15) is 42.1 Å². The molecule has 0 saturated heterocycles. The molecule has 1 N–H and O–H groups in total. The molecule has 0 aliphatic heterocycles. The number of methoxy groups -OCH3 is 1. The molecular weight excluding hydrogens is 260 g/mol. The highest BCUT2D eigenvalue weighted by Gasteiger charge is 2.19. The van der Waals surface area contributed by atoms with E-state index in [9.17, 15) is 0 Å². The van der Waals surface area contributed by atoms with Crippen LogP contribution in [0.3, 0.4) is 0 Å². The second kappa shape index (κ2) is 7.23. The number of rotatable bonds is 6. The molecule has 0 fully saturated rings. The molecule has 0 aliphatic rings. The monoisotopic (exact) mass is 284 g/mol. The molecule has 1 aromatic heterocycles. The van der Waals surface area contributed by atoms with Gasteiger partial charge in [0.05, 0.1) is 13.2 Å². The van der Waals surface area contributed by atoms with Crippen LogP contribution in [0.5, 0.6) is 5.75 Å². The number of aromatic nitrogens is 1. The van der Waals surface area contributed by atoms with E-state index in [2.05, 4.69) is 49.3 Å². The maximum Gasteiger partial charge on any atom is 0.123 e. The average Bonchev–Trinajstić information content (AvgIpc) is 2.52. The van der Waals surface area contributed by atoms with E-state index >= 15 is 0 Å². The molecule has 0 amide bonds. The zero-order valence-electron chi connectivity index (χ0n) is 13.3. The minimum atomic E-state index is 0.128. The van der Waals surface area contributed by atoms with Gasteiger partial charge in [0.1, 0.15) is 5.75 Å². The Kier molecular flexibility index (Phi) is 5.34. The second-order valence-electron chi connectivity index (χ2n) is 5.16. The summed E-state index contributed by atoms with van der Waals surface area (Å²) in [4.78, 5) is 4.25. The number of aryl methyl sites for hydroxylation is 2. The smallest absolute Gasteiger partial charge is 0.123 e. The Hall–Kier alpha value is -1.87. The van der Waals surface area contributed by atoms with Crippen LogP contribution in [0.4, 0.5) is 0 Å². The third-order valence-corrected chi connectivity index (χ3v) is 3.74. The average molecular weight is 284 g/mol. The summed E-state index contributed by atoms with van der Waals surface area (Å²) >= 11 is 0. The summed E-state index contributed by atoms with van der Waals surface area (Å²) in [6, 6.07) is 8.56. The quantitative estimate of drug-likeness (QED) is 0.879. The standard InChI is InChI=1S/C18H24N2O/c1-5-14-12-19-10-9-15(14)18(20-6-2)16-11-13(3)7-8-17(16)21-4/h7-12,18,20H,5-6H2,1-4H3. The lowest BCUT2D eigenvalue weighted by molar-refractivity contribution is 0.404. The first-order valence-electron chi connectivity index (χ1n) is 7.51. The predicted molar refractivity (Wildman–Crippen MR) is 86.9 cm³/mol. The molecule has 1 heterocycles. The summed E-state index contributed by atoms with van der Waals surface area (Å²) in [7, 11) is 1.73. The van der Waals surface area contributed by atoms with E-state index in [0.717, 1.165) is 18.7 Å². The highest BCUT2D eigenvalue weighted by molar-refractivity contribution is 5.45. The van der Waals surface area contributed by atoms with Crippen molar-refractivity contribution in [3.63, 3.8) is 0 Å². The lowest BCUT2D eigenvalue weighted by Crippen LogP contribution is -2.24. The Morgan fingerprint density at radius 3 is 2.67 bits per heavy atom. The highest BCUT2D eigenvalue weighted by Crippen LogP contribution is 2.32. The van der Waals surface area contributed by atoms with Crippen LogP contribution in [0.2, 0.25) is 0 Å². The molecule has 1 atom stereocenters. The zero-order chi connectivity index (χ0) is 15.2. The second-order valence-corrected chi connectivity index (χ2v) is 5.16. The topological polar surface area (TPSA) is 34.2 Å². The lowest BCUT2D eigenvalue weighted by atomic mass is 9.93. The van der Waals surface area contributed by atoms with Crippen molar-refractivity contribution in [2.24, 2.45) is 0 Å². The summed E-state index contributed by atoms with van der Waals surface area (Å²) in [6.45, 7) is 7.30. The van der Waals surface area contributed by atoms with Crippen molar-refractivity contribution < 1.29 is 4.74 Å². The van der Waals surface area contributed by atoms with E-state index in [4.69, 9.17) is 4.74 Å². The maximum atomic E-state index is 5.57. The lowest BCUT2D eigenvalue weighted by Gasteiger charge is -2.23. The van der Waals surface area contributed by atoms with Crippen molar-refractivity contribution in [1.29, 1.82) is 0 Å². The van der Waals surface area contributed by atoms with Crippen molar-refractivity contribution >= 4 is 0 Å². The van der Waals surface area contributed by atoms with Gasteiger partial charge in [-0.1, -0.05) is 31.5 Å². The Balaban J connectivity index is 2.55. The van der Waals surface area contributed by atoms with E-state index in [1.165, 1.54) is 22.3 Å². The Morgan fingerprint density at radius 2 is 2.00 bits per heavy atom. The van der Waals surface area contributed by atoms with Crippen LogP contribution in [-0.4, -0.2) is 18.6 Å². The molecule has 0 radical (unpaired) electrons. The fourth-order valence-electron chi connectivity index (χ4n) is 2.69. The summed E-state index contributed by atoms with van der Waals surface area (Å²) in [6.07, 6.45) is 4.79. The van der Waals surface area contributed by atoms with Crippen LogP contribution in [0.15, 0.2) is 36.7 Å². The van der Waals surface area contributed by atoms with Gasteiger partial charge in [-0.05, 0) is 43.1 Å². The third kappa shape index (κ3) is 3.42. The highest BCUT2D eigenvalue weighted by atomic mass is 16.5. The van der Waals surface area contributed by atoms with Crippen LogP contribution < -0.4 is 10.1 Å². The number of ether oxygens (including phenoxy) is 1. The number of nitrogens with zero attached hydrogens (tertiary/aromatic N) is 1. The minimum Gasteiger partial charge on any atom is -0.496 e. The van der Waals surface area contributed by atoms with Crippen molar-refractivity contribution in [3.8, 4) is 5.75 Å². The van der Waals surface area contributed by atoms with Crippen molar-refractivity contribution in [2.75, 3.05) is 13.7 Å². The van der Waals surface area contributed by atoms with Gasteiger partial charge in [-0.3, -0.25) is 4.98 Å². The van der Waals surface area contributed by atoms with Gasteiger partial charge in [0.2, 0.25) is 0 Å². The minimum absolute atomic E-state index is 0.128. The number of benzene rings is 1. The van der Waals surface area contributed by atoms with Gasteiger partial charge < -0.3 is 10.1 Å². The number of hydrogen-bond acceptors (Lipinski definition) is 3. The first-order chi connectivity index (χ1) is 10.2. The Morgan fingerprint density at radius 1 is 1.19 bits per heavy atom. The van der Waals surface area contributed by atoms with Crippen LogP contribution in [0, 0.1) is 6.92 Å². The molecule has 0 bridgehead atoms. The zero-order valence-corrected chi connectivity index (χ0v) is 13.3. The fraction of sp³-hybridized carbons (Fsp3) is 0.389. The first kappa shape index (κ1) is 15.5. The van der Waals surface area contributed by atoms with E-state index in [-0.39, 0.29) is 6.04 Å². The molecule has 112 valence electrons. The largest absolute Gasteiger partial charge is 0.496 e. The molecule has 1 aromatic carbocycles. The molecule has 0 saturated carbocycles. The summed E-state index contributed by atoms with van der Waals surface area (Å²) in [5.74, 6) is 0.922. The Labute approximate surface area is 127 Å². The van der Waals surface area contributed by atoms with E-state index in [1.807, 2.05) is 18.5 Å². The molecule has 1 unspecified atom stereocenters. The summed E-state index contributed by atoms with van der Waals surface area (Å²) in [5, 5.41) is 3.58. The van der Waals surface area contributed by atoms with Crippen LogP contribution >= 0.6 is 0 Å². The molecule has 0 spiro atoms. The summed E-state index contributed by atoms with van der Waals surface area (Å²) in [5.41, 5.74) is 4.96. The molecule has 2 aromatic rings. The van der Waals surface area contributed by atoms with Gasteiger partial charge in [-0.15, -0.1) is 0 Å². The van der Waals surface area contributed by atoms with E-state index in [0.29, 0.717) is 0 Å². The van der Waals surface area contributed by atoms with Crippen molar-refractivity contribution in [3.05, 3.63) is 58.9 Å². The maximum absolute atomic E-state index is 5.57. The number of pyridine rings is 1. The van der Waals surface area contributed by atoms with Gasteiger partial charge in [0, 0.05) is 18.0 Å². The van der Waals surface area contributed by atoms with Gasteiger partial charge in [0.25, 0.3) is 0 Å². The van der Waals surface area contributed by atoms with Gasteiger partial charge in [-0.25, -0.2) is 0 Å². The molecular formula is C18H24N2O. The van der Waals surface area contributed by atoms with E-state index < -0.39 is 0 Å². The van der Waals surface area contributed by atoms with Crippen molar-refractivity contribution in [1.82, 2.24) is 10.3 Å². The van der Waals surface area contributed by atoms with Gasteiger partial charge in [0.15, 0.2) is 0 Å². The molecule has 3 nitrogen and oxygen atoms in total. The predicted octanol–water partition coefficient (Wildman–Crippen LogP) is 3.66. The molecule has 3 heteroatoms. The third-order valence-electron chi connectivity index (χ3n) is 3.74. The Bertz CT molecular complexity index is 596. The number of nitrogens with one attached hydrogen (secondary N) is 1. The van der Waals surface area contributed by atoms with E-state index in [1.54, 1.807) is 7.11 Å². The molecule has 0 aliphatic carbocycles. The van der Waals surface area contributed by atoms with Crippen molar-refractivity contribution in [2.45, 2.75) is 33.2 Å². The first-order valence-corrected chi connectivity index (χ1v) is 7.51. The fourth-order valence-corrected chi connectivity index (χ4v) is 2.69. The van der Waals surface area contributed by atoms with Gasteiger partial charge in [-0.2, -0.15) is 0 Å².